The van der Waals surface area contributed by atoms with Gasteiger partial charge in [-0.05, 0) is 61.0 Å². The van der Waals surface area contributed by atoms with Gasteiger partial charge in [0.25, 0.3) is 11.8 Å². The number of para-hydroxylation sites is 1. The summed E-state index contributed by atoms with van der Waals surface area (Å²) in [4.78, 5) is 37.1. The molecule has 1 atom stereocenters. The van der Waals surface area contributed by atoms with Gasteiger partial charge in [0.05, 0.1) is 24.4 Å². The number of hydrogen-bond acceptors (Lipinski definition) is 4. The van der Waals surface area contributed by atoms with Gasteiger partial charge in [-0.3, -0.25) is 14.4 Å². The van der Waals surface area contributed by atoms with Gasteiger partial charge < -0.3 is 20.7 Å². The van der Waals surface area contributed by atoms with Gasteiger partial charge >= 0.3 is 0 Å². The zero-order valence-electron chi connectivity index (χ0n) is 18.8. The fourth-order valence-electron chi connectivity index (χ4n) is 3.19. The molecule has 0 bridgehead atoms. The van der Waals surface area contributed by atoms with E-state index in [-0.39, 0.29) is 23.8 Å². The number of carbonyl (C=O) groups excluding carboxylic acids is 3. The lowest BCUT2D eigenvalue weighted by atomic mass is 10.1. The molecule has 0 aromatic heterocycles. The van der Waals surface area contributed by atoms with Gasteiger partial charge in [-0.25, -0.2) is 0 Å². The summed E-state index contributed by atoms with van der Waals surface area (Å²) in [6.45, 7) is 3.66. The van der Waals surface area contributed by atoms with Crippen LogP contribution in [0.2, 0.25) is 0 Å². The Hall–Kier alpha value is -4.13. The van der Waals surface area contributed by atoms with Crippen LogP contribution in [0.5, 0.6) is 5.75 Å². The molecule has 0 saturated heterocycles. The molecule has 0 aliphatic rings. The van der Waals surface area contributed by atoms with Crippen molar-refractivity contribution < 1.29 is 19.1 Å². The maximum Gasteiger partial charge on any atom is 0.255 e. The van der Waals surface area contributed by atoms with Crippen LogP contribution in [0.3, 0.4) is 0 Å². The smallest absolute Gasteiger partial charge is 0.255 e. The molecule has 7 nitrogen and oxygen atoms in total. The minimum Gasteiger partial charge on any atom is -0.497 e. The van der Waals surface area contributed by atoms with Crippen LogP contribution in [0.1, 0.15) is 52.6 Å². The minimum atomic E-state index is -0.323. The normalized spacial score (nSPS) is 11.2. The first-order chi connectivity index (χ1) is 15.9. The lowest BCUT2D eigenvalue weighted by molar-refractivity contribution is -0.115. The minimum absolute atomic E-state index is 0.0580. The highest BCUT2D eigenvalue weighted by Gasteiger charge is 2.17. The van der Waals surface area contributed by atoms with E-state index in [0.717, 1.165) is 5.56 Å². The molecular weight excluding hydrogens is 418 g/mol. The molecule has 3 amide bonds. The molecule has 33 heavy (non-hydrogen) atoms. The molecule has 3 N–H and O–H groups in total. The van der Waals surface area contributed by atoms with Crippen molar-refractivity contribution in [1.82, 2.24) is 5.32 Å². The standard InChI is InChI=1S/C26H27N3O4/c1-4-24(30)28-20-13-9-18(10-14-20)17(2)27-26(32)22-7-5-6-8-23(22)29-25(31)19-11-15-21(33-3)16-12-19/h5-17H,4H2,1-3H3,(H,27,32)(H,28,30)(H,29,31). The van der Waals surface area contributed by atoms with Gasteiger partial charge in [0.1, 0.15) is 5.75 Å². The van der Waals surface area contributed by atoms with Crippen LogP contribution < -0.4 is 20.7 Å². The predicted molar refractivity (Wildman–Crippen MR) is 129 cm³/mol. The molecule has 0 saturated carbocycles. The van der Waals surface area contributed by atoms with Crippen molar-refractivity contribution in [2.24, 2.45) is 0 Å². The topological polar surface area (TPSA) is 96.5 Å². The summed E-state index contributed by atoms with van der Waals surface area (Å²) in [6, 6.07) is 20.6. The van der Waals surface area contributed by atoms with E-state index < -0.39 is 0 Å². The van der Waals surface area contributed by atoms with Crippen molar-refractivity contribution >= 4 is 29.1 Å². The zero-order chi connectivity index (χ0) is 23.8. The van der Waals surface area contributed by atoms with Gasteiger partial charge in [0.15, 0.2) is 0 Å². The summed E-state index contributed by atoms with van der Waals surface area (Å²) >= 11 is 0. The number of rotatable bonds is 8. The van der Waals surface area contributed by atoms with Gasteiger partial charge in [-0.15, -0.1) is 0 Å². The number of amides is 3. The Morgan fingerprint density at radius 3 is 2.15 bits per heavy atom. The maximum atomic E-state index is 13.0. The van der Waals surface area contributed by atoms with Crippen LogP contribution in [-0.4, -0.2) is 24.8 Å². The average Bonchev–Trinajstić information content (AvgIpc) is 2.84. The van der Waals surface area contributed by atoms with Crippen LogP contribution in [0.15, 0.2) is 72.8 Å². The predicted octanol–water partition coefficient (Wildman–Crippen LogP) is 4.79. The Bertz CT molecular complexity index is 1130. The maximum absolute atomic E-state index is 13.0. The molecule has 3 rings (SSSR count). The fraction of sp³-hybridized carbons (Fsp3) is 0.192. The zero-order valence-corrected chi connectivity index (χ0v) is 18.8. The number of anilines is 2. The van der Waals surface area contributed by atoms with E-state index >= 15 is 0 Å². The summed E-state index contributed by atoms with van der Waals surface area (Å²) in [7, 11) is 1.56. The van der Waals surface area contributed by atoms with Crippen LogP contribution in [0.4, 0.5) is 11.4 Å². The van der Waals surface area contributed by atoms with Crippen molar-refractivity contribution in [3.05, 3.63) is 89.5 Å². The number of benzene rings is 3. The second-order valence-electron chi connectivity index (χ2n) is 7.45. The molecule has 0 heterocycles. The van der Waals surface area contributed by atoms with E-state index in [9.17, 15) is 14.4 Å². The summed E-state index contributed by atoms with van der Waals surface area (Å²) in [5.74, 6) is -0.0364. The lowest BCUT2D eigenvalue weighted by Gasteiger charge is -2.17. The third-order valence-electron chi connectivity index (χ3n) is 5.14. The second-order valence-corrected chi connectivity index (χ2v) is 7.45. The largest absolute Gasteiger partial charge is 0.497 e. The Labute approximate surface area is 193 Å². The molecule has 0 aliphatic heterocycles. The molecule has 1 unspecified atom stereocenters. The first-order valence-corrected chi connectivity index (χ1v) is 10.7. The van der Waals surface area contributed by atoms with Crippen LogP contribution in [0, 0.1) is 0 Å². The van der Waals surface area contributed by atoms with Crippen LogP contribution >= 0.6 is 0 Å². The second kappa shape index (κ2) is 10.9. The Morgan fingerprint density at radius 1 is 0.848 bits per heavy atom. The Kier molecular flexibility index (Phi) is 7.81. The van der Waals surface area contributed by atoms with Crippen molar-refractivity contribution in [3.8, 4) is 5.75 Å². The SMILES string of the molecule is CCC(=O)Nc1ccc(C(C)NC(=O)c2ccccc2NC(=O)c2ccc(OC)cc2)cc1. The number of methoxy groups -OCH3 is 1. The van der Waals surface area contributed by atoms with E-state index in [1.807, 2.05) is 19.1 Å². The van der Waals surface area contributed by atoms with Gasteiger partial charge in [0.2, 0.25) is 5.91 Å². The third-order valence-corrected chi connectivity index (χ3v) is 5.14. The number of carbonyl (C=O) groups is 3. The quantitative estimate of drug-likeness (QED) is 0.465. The monoisotopic (exact) mass is 445 g/mol. The first kappa shape index (κ1) is 23.5. The van der Waals surface area contributed by atoms with Crippen LogP contribution in [0.25, 0.3) is 0 Å². The van der Waals surface area contributed by atoms with Crippen molar-refractivity contribution in [2.45, 2.75) is 26.3 Å². The molecular formula is C26H27N3O4. The van der Waals surface area contributed by atoms with Crippen LogP contribution in [-0.2, 0) is 4.79 Å². The number of hydrogen-bond donors (Lipinski definition) is 3. The summed E-state index contributed by atoms with van der Waals surface area (Å²) in [5.41, 5.74) is 2.82. The van der Waals surface area contributed by atoms with E-state index in [4.69, 9.17) is 4.74 Å². The number of ether oxygens (including phenoxy) is 1. The highest BCUT2D eigenvalue weighted by atomic mass is 16.5. The van der Waals surface area contributed by atoms with Crippen molar-refractivity contribution in [1.29, 1.82) is 0 Å². The summed E-state index contributed by atoms with van der Waals surface area (Å²) in [5, 5.41) is 8.56. The van der Waals surface area contributed by atoms with Gasteiger partial charge in [-0.1, -0.05) is 31.2 Å². The molecule has 0 fully saturated rings. The lowest BCUT2D eigenvalue weighted by Crippen LogP contribution is -2.28. The van der Waals surface area contributed by atoms with E-state index in [1.54, 1.807) is 74.7 Å². The van der Waals surface area contributed by atoms with Crippen molar-refractivity contribution in [2.75, 3.05) is 17.7 Å². The molecule has 0 aliphatic carbocycles. The molecule has 0 spiro atoms. The third kappa shape index (κ3) is 6.20. The molecule has 0 radical (unpaired) electrons. The highest BCUT2D eigenvalue weighted by molar-refractivity contribution is 6.09. The number of nitrogens with one attached hydrogen (secondary N) is 3. The van der Waals surface area contributed by atoms with E-state index in [1.165, 1.54) is 0 Å². The molecule has 7 heteroatoms. The summed E-state index contributed by atoms with van der Waals surface area (Å²) in [6.07, 6.45) is 0.405. The summed E-state index contributed by atoms with van der Waals surface area (Å²) < 4.78 is 5.12. The average molecular weight is 446 g/mol. The van der Waals surface area contributed by atoms with E-state index in [2.05, 4.69) is 16.0 Å². The van der Waals surface area contributed by atoms with Crippen molar-refractivity contribution in [3.63, 3.8) is 0 Å². The molecule has 170 valence electrons. The van der Waals surface area contributed by atoms with E-state index in [0.29, 0.717) is 34.7 Å². The Balaban J connectivity index is 1.68. The molecule has 3 aromatic rings. The highest BCUT2D eigenvalue weighted by Crippen LogP contribution is 2.21. The van der Waals surface area contributed by atoms with Gasteiger partial charge in [-0.2, -0.15) is 0 Å². The Morgan fingerprint density at radius 2 is 1.52 bits per heavy atom. The van der Waals surface area contributed by atoms with Gasteiger partial charge in [0, 0.05) is 17.7 Å². The molecule has 3 aromatic carbocycles. The first-order valence-electron chi connectivity index (χ1n) is 10.7. The fourth-order valence-corrected chi connectivity index (χ4v) is 3.19.